The second kappa shape index (κ2) is 5.37. The van der Waals surface area contributed by atoms with E-state index in [9.17, 15) is 10.1 Å². The number of anilines is 1. The van der Waals surface area contributed by atoms with Crippen molar-refractivity contribution >= 4 is 23.1 Å². The predicted molar refractivity (Wildman–Crippen MR) is 67.2 cm³/mol. The van der Waals surface area contributed by atoms with E-state index in [1.54, 1.807) is 23.9 Å². The van der Waals surface area contributed by atoms with Crippen LogP contribution in [-0.2, 0) is 4.74 Å². The Bertz CT molecular complexity index is 419. The highest BCUT2D eigenvalue weighted by Crippen LogP contribution is 2.33. The van der Waals surface area contributed by atoms with E-state index in [4.69, 9.17) is 10.5 Å². The fourth-order valence-electron chi connectivity index (χ4n) is 1.77. The van der Waals surface area contributed by atoms with Crippen LogP contribution >= 0.6 is 11.8 Å². The molecule has 92 valence electrons. The normalized spacial score (nSPS) is 16.9. The lowest BCUT2D eigenvalue weighted by molar-refractivity contribution is -0.385. The van der Waals surface area contributed by atoms with Gasteiger partial charge in [0, 0.05) is 41.2 Å². The molecule has 0 amide bonds. The Hall–Kier alpha value is -1.27. The molecule has 0 atom stereocenters. The van der Waals surface area contributed by atoms with Crippen molar-refractivity contribution in [1.29, 1.82) is 0 Å². The summed E-state index contributed by atoms with van der Waals surface area (Å²) in [6, 6.07) is 4.75. The molecule has 2 rings (SSSR count). The Morgan fingerprint density at radius 3 is 2.71 bits per heavy atom. The number of ether oxygens (including phenoxy) is 1. The number of nitrogens with zero attached hydrogens (tertiary/aromatic N) is 1. The number of nitro benzene ring substituents is 1. The van der Waals surface area contributed by atoms with Crippen molar-refractivity contribution in [2.75, 3.05) is 18.9 Å². The Balaban J connectivity index is 2.11. The van der Waals surface area contributed by atoms with E-state index in [1.807, 2.05) is 0 Å². The molecular formula is C11H14N2O3S. The summed E-state index contributed by atoms with van der Waals surface area (Å²) in [5.74, 6) is 0. The van der Waals surface area contributed by atoms with Crippen molar-refractivity contribution in [2.45, 2.75) is 23.0 Å². The van der Waals surface area contributed by atoms with Crippen LogP contribution in [0.25, 0.3) is 0 Å². The number of rotatable bonds is 3. The molecular weight excluding hydrogens is 240 g/mol. The lowest BCUT2D eigenvalue weighted by Crippen LogP contribution is -2.17. The minimum atomic E-state index is -0.412. The number of non-ortho nitro benzene ring substituents is 1. The molecule has 0 aromatic heterocycles. The number of nitrogens with two attached hydrogens (primary N) is 1. The van der Waals surface area contributed by atoms with Gasteiger partial charge in [0.05, 0.1) is 4.92 Å². The third-order valence-electron chi connectivity index (χ3n) is 2.60. The van der Waals surface area contributed by atoms with E-state index < -0.39 is 4.92 Å². The first-order chi connectivity index (χ1) is 8.15. The van der Waals surface area contributed by atoms with Gasteiger partial charge in [-0.3, -0.25) is 10.1 Å². The average molecular weight is 254 g/mol. The van der Waals surface area contributed by atoms with Gasteiger partial charge in [0.1, 0.15) is 0 Å². The largest absolute Gasteiger partial charge is 0.398 e. The molecule has 0 aliphatic carbocycles. The van der Waals surface area contributed by atoms with Gasteiger partial charge < -0.3 is 10.5 Å². The summed E-state index contributed by atoms with van der Waals surface area (Å²) in [4.78, 5) is 11.2. The molecule has 0 unspecified atom stereocenters. The van der Waals surface area contributed by atoms with Gasteiger partial charge >= 0.3 is 0 Å². The Morgan fingerprint density at radius 2 is 2.06 bits per heavy atom. The number of nitrogen functional groups attached to an aromatic ring is 1. The monoisotopic (exact) mass is 254 g/mol. The zero-order chi connectivity index (χ0) is 12.3. The van der Waals surface area contributed by atoms with Crippen LogP contribution in [0, 0.1) is 10.1 Å². The van der Waals surface area contributed by atoms with Gasteiger partial charge in [-0.2, -0.15) is 0 Å². The lowest BCUT2D eigenvalue weighted by atomic mass is 10.2. The third kappa shape index (κ3) is 3.34. The lowest BCUT2D eigenvalue weighted by Gasteiger charge is -2.21. The maximum Gasteiger partial charge on any atom is 0.272 e. The third-order valence-corrected chi connectivity index (χ3v) is 3.91. The molecule has 5 nitrogen and oxygen atoms in total. The standard InChI is InChI=1S/C11H14N2O3S/c12-8-5-9(13(14)15)7-11(6-8)17-10-1-3-16-4-2-10/h5-7,10H,1-4,12H2. The first-order valence-electron chi connectivity index (χ1n) is 5.44. The smallest absolute Gasteiger partial charge is 0.272 e. The van der Waals surface area contributed by atoms with Gasteiger partial charge in [0.2, 0.25) is 0 Å². The molecule has 0 radical (unpaired) electrons. The van der Waals surface area contributed by atoms with Gasteiger partial charge in [-0.25, -0.2) is 0 Å². The van der Waals surface area contributed by atoms with Crippen LogP contribution in [0.5, 0.6) is 0 Å². The summed E-state index contributed by atoms with van der Waals surface area (Å²) in [6.07, 6.45) is 1.96. The number of thioether (sulfide) groups is 1. The molecule has 1 fully saturated rings. The highest BCUT2D eigenvalue weighted by Gasteiger charge is 2.17. The van der Waals surface area contributed by atoms with Crippen molar-refractivity contribution < 1.29 is 9.66 Å². The Morgan fingerprint density at radius 1 is 1.35 bits per heavy atom. The quantitative estimate of drug-likeness (QED) is 0.509. The predicted octanol–water partition coefficient (Wildman–Crippen LogP) is 2.45. The van der Waals surface area contributed by atoms with Crippen LogP contribution in [0.1, 0.15) is 12.8 Å². The van der Waals surface area contributed by atoms with Crippen LogP contribution in [-0.4, -0.2) is 23.4 Å². The molecule has 17 heavy (non-hydrogen) atoms. The van der Waals surface area contributed by atoms with Crippen LogP contribution in [0.2, 0.25) is 0 Å². The zero-order valence-electron chi connectivity index (χ0n) is 9.30. The first-order valence-corrected chi connectivity index (χ1v) is 6.32. The molecule has 1 aromatic rings. The number of nitro groups is 1. The molecule has 6 heteroatoms. The van der Waals surface area contributed by atoms with Crippen LogP contribution in [0.4, 0.5) is 11.4 Å². The first kappa shape index (κ1) is 12.2. The highest BCUT2D eigenvalue weighted by molar-refractivity contribution is 8.00. The molecule has 0 spiro atoms. The molecule has 0 saturated carbocycles. The topological polar surface area (TPSA) is 78.4 Å². The molecule has 1 aromatic carbocycles. The summed E-state index contributed by atoms with van der Waals surface area (Å²) >= 11 is 1.65. The van der Waals surface area contributed by atoms with Crippen LogP contribution in [0.3, 0.4) is 0 Å². The Kier molecular flexibility index (Phi) is 3.86. The van der Waals surface area contributed by atoms with Crippen molar-refractivity contribution in [2.24, 2.45) is 0 Å². The van der Waals surface area contributed by atoms with Gasteiger partial charge in [-0.15, -0.1) is 11.8 Å². The second-order valence-electron chi connectivity index (χ2n) is 3.95. The minimum Gasteiger partial charge on any atom is -0.398 e. The molecule has 2 N–H and O–H groups in total. The van der Waals surface area contributed by atoms with E-state index in [1.165, 1.54) is 6.07 Å². The molecule has 1 aliphatic heterocycles. The molecule has 0 bridgehead atoms. The summed E-state index contributed by atoms with van der Waals surface area (Å²) in [5.41, 5.74) is 6.15. The van der Waals surface area contributed by atoms with Crippen molar-refractivity contribution in [3.63, 3.8) is 0 Å². The zero-order valence-corrected chi connectivity index (χ0v) is 10.1. The molecule has 1 heterocycles. The SMILES string of the molecule is Nc1cc(SC2CCOCC2)cc([N+](=O)[O-])c1. The summed E-state index contributed by atoms with van der Waals surface area (Å²) < 4.78 is 5.28. The fraction of sp³-hybridized carbons (Fsp3) is 0.455. The van der Waals surface area contributed by atoms with E-state index in [0.717, 1.165) is 31.0 Å². The summed E-state index contributed by atoms with van der Waals surface area (Å²) in [5, 5.41) is 11.2. The van der Waals surface area contributed by atoms with Gasteiger partial charge in [-0.05, 0) is 18.9 Å². The summed E-state index contributed by atoms with van der Waals surface area (Å²) in [6.45, 7) is 1.53. The fourth-order valence-corrected chi connectivity index (χ4v) is 2.97. The van der Waals surface area contributed by atoms with E-state index in [2.05, 4.69) is 0 Å². The molecule has 1 aliphatic rings. The van der Waals surface area contributed by atoms with Gasteiger partial charge in [0.25, 0.3) is 5.69 Å². The Labute approximate surface area is 103 Å². The average Bonchev–Trinajstić information content (AvgIpc) is 2.29. The number of hydrogen-bond acceptors (Lipinski definition) is 5. The van der Waals surface area contributed by atoms with Crippen LogP contribution < -0.4 is 5.73 Å². The minimum absolute atomic E-state index is 0.0551. The number of benzene rings is 1. The van der Waals surface area contributed by atoms with Crippen molar-refractivity contribution in [3.05, 3.63) is 28.3 Å². The summed E-state index contributed by atoms with van der Waals surface area (Å²) in [7, 11) is 0. The number of hydrogen-bond donors (Lipinski definition) is 1. The van der Waals surface area contributed by atoms with Gasteiger partial charge in [0.15, 0.2) is 0 Å². The van der Waals surface area contributed by atoms with E-state index >= 15 is 0 Å². The van der Waals surface area contributed by atoms with Gasteiger partial charge in [-0.1, -0.05) is 0 Å². The van der Waals surface area contributed by atoms with Crippen LogP contribution in [0.15, 0.2) is 23.1 Å². The highest BCUT2D eigenvalue weighted by atomic mass is 32.2. The van der Waals surface area contributed by atoms with E-state index in [0.29, 0.717) is 10.9 Å². The van der Waals surface area contributed by atoms with E-state index in [-0.39, 0.29) is 5.69 Å². The second-order valence-corrected chi connectivity index (χ2v) is 5.32. The molecule has 1 saturated heterocycles. The maximum absolute atomic E-state index is 10.7. The van der Waals surface area contributed by atoms with Crippen molar-refractivity contribution in [1.82, 2.24) is 0 Å². The van der Waals surface area contributed by atoms with Crippen molar-refractivity contribution in [3.8, 4) is 0 Å². The maximum atomic E-state index is 10.7.